The number of nitrogens with one attached hydrogen (secondary N) is 2. The average Bonchev–Trinajstić information content (AvgIpc) is 3.24. The molecule has 1 aliphatic carbocycles. The van der Waals surface area contributed by atoms with Gasteiger partial charge < -0.3 is 5.32 Å². The Balaban J connectivity index is 1.56. The first kappa shape index (κ1) is 23.3. The molecule has 5 nitrogen and oxygen atoms in total. The van der Waals surface area contributed by atoms with E-state index in [-0.39, 0.29) is 27.4 Å². The van der Waals surface area contributed by atoms with Crippen LogP contribution in [0.1, 0.15) is 57.6 Å². The van der Waals surface area contributed by atoms with E-state index in [4.69, 9.17) is 11.6 Å². The number of hydrogen-bond acceptors (Lipinski definition) is 3. The normalized spacial score (nSPS) is 13.9. The second kappa shape index (κ2) is 9.20. The summed E-state index contributed by atoms with van der Waals surface area (Å²) in [7, 11) is -3.99. The van der Waals surface area contributed by atoms with Crippen LogP contribution in [0, 0.1) is 13.8 Å². The van der Waals surface area contributed by atoms with Crippen LogP contribution in [0.3, 0.4) is 0 Å². The molecule has 0 unspecified atom stereocenters. The highest BCUT2D eigenvalue weighted by Gasteiger charge is 2.22. The summed E-state index contributed by atoms with van der Waals surface area (Å²) < 4.78 is 28.8. The second-order valence-corrected chi connectivity index (χ2v) is 10.7. The average molecular weight is 483 g/mol. The minimum atomic E-state index is -3.99. The molecular formula is C26H27ClN2O3S. The molecule has 0 aliphatic heterocycles. The molecule has 172 valence electrons. The highest BCUT2D eigenvalue weighted by atomic mass is 35.5. The maximum atomic E-state index is 13.1. The third kappa shape index (κ3) is 5.07. The van der Waals surface area contributed by atoms with Gasteiger partial charge in [-0.3, -0.25) is 9.52 Å². The molecule has 7 heteroatoms. The van der Waals surface area contributed by atoms with E-state index in [0.29, 0.717) is 5.69 Å². The lowest BCUT2D eigenvalue weighted by atomic mass is 10.0. The Morgan fingerprint density at radius 3 is 2.52 bits per heavy atom. The van der Waals surface area contributed by atoms with Crippen LogP contribution in [0.2, 0.25) is 5.02 Å². The van der Waals surface area contributed by atoms with E-state index >= 15 is 0 Å². The Morgan fingerprint density at radius 2 is 1.73 bits per heavy atom. The van der Waals surface area contributed by atoms with Crippen molar-refractivity contribution in [2.24, 2.45) is 0 Å². The SMILES string of the molecule is Cc1ccc(C)c(NS(=O)(=O)c2cc(C(=O)N[C@H](C)c3ccc4c(c3)CCC4)ccc2Cl)c1. The van der Waals surface area contributed by atoms with Gasteiger partial charge in [0.15, 0.2) is 0 Å². The highest BCUT2D eigenvalue weighted by Crippen LogP contribution is 2.28. The Morgan fingerprint density at radius 1 is 0.970 bits per heavy atom. The zero-order valence-corrected chi connectivity index (χ0v) is 20.5. The van der Waals surface area contributed by atoms with Crippen LogP contribution < -0.4 is 10.0 Å². The monoisotopic (exact) mass is 482 g/mol. The van der Waals surface area contributed by atoms with Gasteiger partial charge in [0.25, 0.3) is 15.9 Å². The van der Waals surface area contributed by atoms with Gasteiger partial charge in [-0.1, -0.05) is 41.9 Å². The second-order valence-electron chi connectivity index (χ2n) is 8.65. The van der Waals surface area contributed by atoms with Crippen LogP contribution >= 0.6 is 11.6 Å². The predicted molar refractivity (Wildman–Crippen MR) is 133 cm³/mol. The number of sulfonamides is 1. The predicted octanol–water partition coefficient (Wildman–Crippen LogP) is 5.74. The quantitative estimate of drug-likeness (QED) is 0.470. The summed E-state index contributed by atoms with van der Waals surface area (Å²) in [4.78, 5) is 12.8. The standard InChI is InChI=1S/C26H27ClN2O3S/c1-16-7-8-17(2)24(13-16)29-33(31,32)25-15-22(11-12-23(25)27)26(30)28-18(3)20-10-9-19-5-4-6-21(19)14-20/h7-15,18,29H,4-6H2,1-3H3,(H,28,30)/t18-/m1/s1. The zero-order valence-electron chi connectivity index (χ0n) is 18.9. The number of amides is 1. The van der Waals surface area contributed by atoms with Gasteiger partial charge in [0.05, 0.1) is 16.8 Å². The van der Waals surface area contributed by atoms with Gasteiger partial charge in [-0.25, -0.2) is 8.42 Å². The first-order chi connectivity index (χ1) is 15.6. The number of fused-ring (bicyclic) bond motifs is 1. The third-order valence-electron chi connectivity index (χ3n) is 6.09. The molecule has 1 atom stereocenters. The lowest BCUT2D eigenvalue weighted by molar-refractivity contribution is 0.0939. The number of halogens is 1. The van der Waals surface area contributed by atoms with Gasteiger partial charge in [0, 0.05) is 5.56 Å². The molecule has 0 saturated carbocycles. The maximum Gasteiger partial charge on any atom is 0.263 e. The van der Waals surface area contributed by atoms with Crippen LogP contribution in [-0.2, 0) is 22.9 Å². The van der Waals surface area contributed by atoms with Crippen LogP contribution in [0.15, 0.2) is 59.5 Å². The van der Waals surface area contributed by atoms with Gasteiger partial charge in [-0.15, -0.1) is 0 Å². The van der Waals surface area contributed by atoms with Crippen LogP contribution in [-0.4, -0.2) is 14.3 Å². The molecule has 0 aromatic heterocycles. The molecular weight excluding hydrogens is 456 g/mol. The van der Waals surface area contributed by atoms with Gasteiger partial charge in [0.2, 0.25) is 0 Å². The smallest absolute Gasteiger partial charge is 0.263 e. The summed E-state index contributed by atoms with van der Waals surface area (Å²) in [6.45, 7) is 5.63. The van der Waals surface area contributed by atoms with Crippen molar-refractivity contribution in [3.05, 3.63) is 93.0 Å². The van der Waals surface area contributed by atoms with Crippen LogP contribution in [0.5, 0.6) is 0 Å². The summed E-state index contributed by atoms with van der Waals surface area (Å²) >= 11 is 6.23. The van der Waals surface area contributed by atoms with E-state index in [1.54, 1.807) is 6.07 Å². The van der Waals surface area contributed by atoms with E-state index < -0.39 is 10.0 Å². The Bertz CT molecular complexity index is 1340. The number of anilines is 1. The molecule has 1 aliphatic rings. The maximum absolute atomic E-state index is 13.1. The van der Waals surface area contributed by atoms with Gasteiger partial charge in [-0.2, -0.15) is 0 Å². The van der Waals surface area contributed by atoms with Gasteiger partial charge in [0.1, 0.15) is 4.90 Å². The summed E-state index contributed by atoms with van der Waals surface area (Å²) in [5.74, 6) is -0.358. The fourth-order valence-corrected chi connectivity index (χ4v) is 5.77. The molecule has 0 radical (unpaired) electrons. The highest BCUT2D eigenvalue weighted by molar-refractivity contribution is 7.92. The molecule has 0 fully saturated rings. The zero-order chi connectivity index (χ0) is 23.8. The number of aryl methyl sites for hydroxylation is 4. The Labute approximate surface area is 200 Å². The van der Waals surface area contributed by atoms with E-state index in [1.807, 2.05) is 39.0 Å². The van der Waals surface area contributed by atoms with Crippen molar-refractivity contribution in [1.29, 1.82) is 0 Å². The van der Waals surface area contributed by atoms with Crippen molar-refractivity contribution >= 4 is 33.2 Å². The largest absolute Gasteiger partial charge is 0.346 e. The lowest BCUT2D eigenvalue weighted by Gasteiger charge is -2.17. The first-order valence-corrected chi connectivity index (χ1v) is 12.8. The van der Waals surface area contributed by atoms with Crippen molar-refractivity contribution in [2.75, 3.05) is 4.72 Å². The third-order valence-corrected chi connectivity index (χ3v) is 7.94. The summed E-state index contributed by atoms with van der Waals surface area (Å²) in [5, 5.41) is 3.02. The number of hydrogen-bond donors (Lipinski definition) is 2. The molecule has 1 amide bonds. The molecule has 0 spiro atoms. The number of carbonyl (C=O) groups excluding carboxylic acids is 1. The van der Waals surface area contributed by atoms with E-state index in [2.05, 4.69) is 22.2 Å². The lowest BCUT2D eigenvalue weighted by Crippen LogP contribution is -2.27. The minimum Gasteiger partial charge on any atom is -0.346 e. The minimum absolute atomic E-state index is 0.0519. The van der Waals surface area contributed by atoms with Gasteiger partial charge in [-0.05, 0) is 92.1 Å². The molecule has 33 heavy (non-hydrogen) atoms. The Hall–Kier alpha value is -2.83. The fourth-order valence-electron chi connectivity index (χ4n) is 4.12. The summed E-state index contributed by atoms with van der Waals surface area (Å²) in [6.07, 6.45) is 3.34. The summed E-state index contributed by atoms with van der Waals surface area (Å²) in [5.41, 5.74) is 6.17. The summed E-state index contributed by atoms with van der Waals surface area (Å²) in [6, 6.07) is 15.9. The number of carbonyl (C=O) groups is 1. The first-order valence-electron chi connectivity index (χ1n) is 11.0. The molecule has 3 aromatic carbocycles. The molecule has 0 bridgehead atoms. The van der Waals surface area contributed by atoms with Crippen LogP contribution in [0.4, 0.5) is 5.69 Å². The van der Waals surface area contributed by atoms with E-state index in [1.165, 1.54) is 29.3 Å². The van der Waals surface area contributed by atoms with E-state index in [0.717, 1.165) is 36.0 Å². The topological polar surface area (TPSA) is 75.3 Å². The van der Waals surface area contributed by atoms with Crippen molar-refractivity contribution in [2.45, 2.75) is 51.0 Å². The molecule has 0 saturated heterocycles. The van der Waals surface area contributed by atoms with Crippen molar-refractivity contribution in [3.8, 4) is 0 Å². The Kier molecular flexibility index (Phi) is 6.50. The molecule has 3 aromatic rings. The number of rotatable bonds is 6. The molecule has 0 heterocycles. The fraction of sp³-hybridized carbons (Fsp3) is 0.269. The van der Waals surface area contributed by atoms with Gasteiger partial charge >= 0.3 is 0 Å². The molecule has 2 N–H and O–H groups in total. The van der Waals surface area contributed by atoms with Crippen molar-refractivity contribution in [1.82, 2.24) is 5.32 Å². The van der Waals surface area contributed by atoms with Crippen molar-refractivity contribution in [3.63, 3.8) is 0 Å². The van der Waals surface area contributed by atoms with Crippen LogP contribution in [0.25, 0.3) is 0 Å². The van der Waals surface area contributed by atoms with Crippen molar-refractivity contribution < 1.29 is 13.2 Å². The van der Waals surface area contributed by atoms with E-state index in [9.17, 15) is 13.2 Å². The molecule has 4 rings (SSSR count). The number of benzene rings is 3.